The molecule has 1 aliphatic heterocycles. The molecule has 0 radical (unpaired) electrons. The Morgan fingerprint density at radius 3 is 2.46 bits per heavy atom. The Bertz CT molecular complexity index is 820. The molecule has 1 atom stereocenters. The second-order valence-corrected chi connectivity index (χ2v) is 7.04. The lowest BCUT2D eigenvalue weighted by Gasteiger charge is -2.26. The normalized spacial score (nSPS) is 19.7. The van der Waals surface area contributed by atoms with Crippen molar-refractivity contribution in [2.75, 3.05) is 11.4 Å². The topological polar surface area (TPSA) is 40.6 Å². The maximum atomic E-state index is 14.0. The predicted molar refractivity (Wildman–Crippen MR) is 96.9 cm³/mol. The van der Waals surface area contributed by atoms with Gasteiger partial charge in [-0.2, -0.15) is 0 Å². The molecule has 0 aromatic heterocycles. The maximum absolute atomic E-state index is 14.0. The molecule has 1 unspecified atom stereocenters. The zero-order chi connectivity index (χ0) is 18.1. The highest BCUT2D eigenvalue weighted by atomic mass is 19.1. The van der Waals surface area contributed by atoms with Crippen LogP contribution in [0.3, 0.4) is 0 Å². The number of hydrogen-bond donors (Lipinski definition) is 0. The number of carbonyl (C=O) groups is 2. The van der Waals surface area contributed by atoms with E-state index in [-0.39, 0.29) is 36.5 Å². The van der Waals surface area contributed by atoms with Gasteiger partial charge in [-0.3, -0.25) is 9.59 Å². The van der Waals surface area contributed by atoms with Gasteiger partial charge >= 0.3 is 0 Å². The lowest BCUT2D eigenvalue weighted by molar-refractivity contribution is -0.137. The first-order valence-electron chi connectivity index (χ1n) is 9.03. The molecule has 2 aromatic rings. The molecule has 134 valence electrons. The van der Waals surface area contributed by atoms with Gasteiger partial charge < -0.3 is 9.80 Å². The van der Waals surface area contributed by atoms with Crippen molar-refractivity contribution in [3.05, 3.63) is 66.0 Å². The summed E-state index contributed by atoms with van der Waals surface area (Å²) in [5.74, 6) is -1.03. The Morgan fingerprint density at radius 1 is 1.08 bits per heavy atom. The van der Waals surface area contributed by atoms with Crippen molar-refractivity contribution in [3.63, 3.8) is 0 Å². The summed E-state index contributed by atoms with van der Waals surface area (Å²) in [6.07, 6.45) is 2.16. The number of amides is 2. The fourth-order valence-electron chi connectivity index (χ4n) is 3.56. The smallest absolute Gasteiger partial charge is 0.228 e. The van der Waals surface area contributed by atoms with Crippen LogP contribution in [0, 0.1) is 11.7 Å². The molecule has 1 saturated heterocycles. The van der Waals surface area contributed by atoms with E-state index in [1.807, 2.05) is 35.2 Å². The highest BCUT2D eigenvalue weighted by Gasteiger charge is 2.41. The van der Waals surface area contributed by atoms with Crippen LogP contribution >= 0.6 is 0 Å². The second kappa shape index (κ2) is 6.90. The summed E-state index contributed by atoms with van der Waals surface area (Å²) in [6, 6.07) is 16.4. The van der Waals surface area contributed by atoms with Crippen LogP contribution < -0.4 is 4.90 Å². The predicted octanol–water partition coefficient (Wildman–Crippen LogP) is 3.37. The van der Waals surface area contributed by atoms with Crippen LogP contribution in [-0.4, -0.2) is 29.3 Å². The molecule has 0 bridgehead atoms. The molecule has 4 nitrogen and oxygen atoms in total. The van der Waals surface area contributed by atoms with Gasteiger partial charge in [0.2, 0.25) is 11.8 Å². The SMILES string of the molecule is O=C1CC(C(=O)N(Cc2ccccc2)C2CC2)CN1c1ccccc1F. The van der Waals surface area contributed by atoms with E-state index in [0.717, 1.165) is 18.4 Å². The highest BCUT2D eigenvalue weighted by molar-refractivity contribution is 6.00. The van der Waals surface area contributed by atoms with Crippen molar-refractivity contribution in [3.8, 4) is 0 Å². The highest BCUT2D eigenvalue weighted by Crippen LogP contribution is 2.33. The summed E-state index contributed by atoms with van der Waals surface area (Å²) in [7, 11) is 0. The molecule has 0 spiro atoms. The fraction of sp³-hybridized carbons (Fsp3) is 0.333. The largest absolute Gasteiger partial charge is 0.335 e. The lowest BCUT2D eigenvalue weighted by Crippen LogP contribution is -2.38. The molecule has 2 aliphatic rings. The molecule has 1 saturated carbocycles. The molecule has 5 heteroatoms. The molecule has 0 N–H and O–H groups in total. The Hall–Kier alpha value is -2.69. The number of hydrogen-bond acceptors (Lipinski definition) is 2. The zero-order valence-electron chi connectivity index (χ0n) is 14.5. The van der Waals surface area contributed by atoms with Crippen LogP contribution in [0.5, 0.6) is 0 Å². The van der Waals surface area contributed by atoms with Crippen molar-refractivity contribution in [2.24, 2.45) is 5.92 Å². The monoisotopic (exact) mass is 352 g/mol. The number of rotatable bonds is 5. The number of halogens is 1. The molecule has 2 aromatic carbocycles. The average molecular weight is 352 g/mol. The third kappa shape index (κ3) is 3.34. The molecular weight excluding hydrogens is 331 g/mol. The van der Waals surface area contributed by atoms with Crippen LogP contribution in [0.1, 0.15) is 24.8 Å². The van der Waals surface area contributed by atoms with Gasteiger partial charge in [0.25, 0.3) is 0 Å². The minimum absolute atomic E-state index is 0.00328. The quantitative estimate of drug-likeness (QED) is 0.828. The van der Waals surface area contributed by atoms with Crippen molar-refractivity contribution in [1.29, 1.82) is 0 Å². The number of para-hydroxylation sites is 1. The van der Waals surface area contributed by atoms with Crippen LogP contribution in [0.25, 0.3) is 0 Å². The third-order valence-corrected chi connectivity index (χ3v) is 5.08. The van der Waals surface area contributed by atoms with Gasteiger partial charge in [0.15, 0.2) is 0 Å². The summed E-state index contributed by atoms with van der Waals surface area (Å²) in [6.45, 7) is 0.811. The van der Waals surface area contributed by atoms with Crippen LogP contribution in [0.2, 0.25) is 0 Å². The Balaban J connectivity index is 1.50. The van der Waals surface area contributed by atoms with Gasteiger partial charge in [-0.05, 0) is 30.5 Å². The second-order valence-electron chi connectivity index (χ2n) is 7.04. The molecule has 2 amide bonds. The summed E-state index contributed by atoms with van der Waals surface area (Å²) in [5, 5.41) is 0. The van der Waals surface area contributed by atoms with Gasteiger partial charge in [-0.25, -0.2) is 4.39 Å². The Morgan fingerprint density at radius 2 is 1.77 bits per heavy atom. The summed E-state index contributed by atoms with van der Waals surface area (Å²) in [5.41, 5.74) is 1.34. The minimum atomic E-state index is -0.433. The van der Waals surface area contributed by atoms with Crippen molar-refractivity contribution in [1.82, 2.24) is 4.90 Å². The van der Waals surface area contributed by atoms with Gasteiger partial charge in [-0.1, -0.05) is 42.5 Å². The van der Waals surface area contributed by atoms with Crippen LogP contribution in [0.15, 0.2) is 54.6 Å². The van der Waals surface area contributed by atoms with E-state index in [1.54, 1.807) is 18.2 Å². The summed E-state index contributed by atoms with van der Waals surface area (Å²) < 4.78 is 14.0. The molecule has 26 heavy (non-hydrogen) atoms. The standard InChI is InChI=1S/C21H21FN2O2/c22-18-8-4-5-9-19(18)24-14-16(12-20(24)25)21(26)23(17-10-11-17)13-15-6-2-1-3-7-15/h1-9,16-17H,10-14H2. The van der Waals surface area contributed by atoms with Crippen LogP contribution in [-0.2, 0) is 16.1 Å². The molecule has 2 fully saturated rings. The summed E-state index contributed by atoms with van der Waals surface area (Å²) >= 11 is 0. The lowest BCUT2D eigenvalue weighted by atomic mass is 10.1. The third-order valence-electron chi connectivity index (χ3n) is 5.08. The van der Waals surface area contributed by atoms with Gasteiger partial charge in [0.05, 0.1) is 11.6 Å². The first-order chi connectivity index (χ1) is 12.6. The first kappa shape index (κ1) is 16.8. The zero-order valence-corrected chi connectivity index (χ0v) is 14.5. The molecule has 1 aliphatic carbocycles. The van der Waals surface area contributed by atoms with Gasteiger partial charge in [0, 0.05) is 25.6 Å². The van der Waals surface area contributed by atoms with E-state index in [4.69, 9.17) is 0 Å². The van der Waals surface area contributed by atoms with Gasteiger partial charge in [0.1, 0.15) is 5.82 Å². The molecule has 1 heterocycles. The van der Waals surface area contributed by atoms with Crippen LogP contribution in [0.4, 0.5) is 10.1 Å². The van der Waals surface area contributed by atoms with Gasteiger partial charge in [-0.15, -0.1) is 0 Å². The van der Waals surface area contributed by atoms with Crippen molar-refractivity contribution < 1.29 is 14.0 Å². The Labute approximate surface area is 152 Å². The summed E-state index contributed by atoms with van der Waals surface area (Å²) in [4.78, 5) is 28.8. The number of benzene rings is 2. The number of anilines is 1. The van der Waals surface area contributed by atoms with Crippen molar-refractivity contribution >= 4 is 17.5 Å². The number of nitrogens with zero attached hydrogens (tertiary/aromatic N) is 2. The van der Waals surface area contributed by atoms with Crippen molar-refractivity contribution in [2.45, 2.75) is 31.8 Å². The fourth-order valence-corrected chi connectivity index (χ4v) is 3.56. The van der Waals surface area contributed by atoms with E-state index in [2.05, 4.69) is 0 Å². The first-order valence-corrected chi connectivity index (χ1v) is 9.03. The number of carbonyl (C=O) groups excluding carboxylic acids is 2. The van der Waals surface area contributed by atoms with E-state index >= 15 is 0 Å². The van der Waals surface area contributed by atoms with E-state index in [9.17, 15) is 14.0 Å². The maximum Gasteiger partial charge on any atom is 0.228 e. The van der Waals surface area contributed by atoms with E-state index in [1.165, 1.54) is 11.0 Å². The Kier molecular flexibility index (Phi) is 4.45. The van der Waals surface area contributed by atoms with E-state index < -0.39 is 11.7 Å². The molecule has 4 rings (SSSR count). The average Bonchev–Trinajstić information content (AvgIpc) is 3.42. The minimum Gasteiger partial charge on any atom is -0.335 e. The van der Waals surface area contributed by atoms with E-state index in [0.29, 0.717) is 6.54 Å². The molecular formula is C21H21FN2O2.